The van der Waals surface area contributed by atoms with Crippen molar-refractivity contribution in [3.63, 3.8) is 0 Å². The maximum Gasteiger partial charge on any atom is 0.0482 e. The Morgan fingerprint density at radius 3 is 2.62 bits per heavy atom. The zero-order valence-electron chi connectivity index (χ0n) is 13.5. The van der Waals surface area contributed by atoms with E-state index in [9.17, 15) is 0 Å². The van der Waals surface area contributed by atoms with Crippen LogP contribution in [-0.4, -0.2) is 48.6 Å². The summed E-state index contributed by atoms with van der Waals surface area (Å²) in [4.78, 5) is 8.22. The van der Waals surface area contributed by atoms with Crippen LogP contribution in [0.5, 0.6) is 0 Å². The molecule has 0 amide bonds. The molecule has 3 rings (SSSR count). The van der Waals surface area contributed by atoms with Crippen LogP contribution in [0.15, 0.2) is 6.07 Å². The van der Waals surface area contributed by atoms with Crippen molar-refractivity contribution in [2.45, 2.75) is 51.6 Å². The van der Waals surface area contributed by atoms with Crippen molar-refractivity contribution in [3.05, 3.63) is 21.4 Å². The zero-order chi connectivity index (χ0) is 14.8. The number of likely N-dealkylation sites (tertiary alicyclic amines) is 2. The van der Waals surface area contributed by atoms with Crippen LogP contribution in [0, 0.1) is 13.8 Å². The lowest BCUT2D eigenvalue weighted by Crippen LogP contribution is -2.42. The van der Waals surface area contributed by atoms with Crippen molar-refractivity contribution in [3.8, 4) is 0 Å². The second-order valence-electron chi connectivity index (χ2n) is 6.65. The Bertz CT molecular complexity index is 465. The molecule has 2 N–H and O–H groups in total. The smallest absolute Gasteiger partial charge is 0.0482 e. The molecule has 0 saturated carbocycles. The molecule has 0 spiro atoms. The molecule has 2 saturated heterocycles. The molecule has 21 heavy (non-hydrogen) atoms. The summed E-state index contributed by atoms with van der Waals surface area (Å²) in [5.74, 6) is 0. The fraction of sp³-hybridized carbons (Fsp3) is 0.765. The largest absolute Gasteiger partial charge is 0.329 e. The SMILES string of the molecule is Cc1cc(C(CN)N2CCC(N3CCCCC3)C2)c(C)s1. The highest BCUT2D eigenvalue weighted by molar-refractivity contribution is 7.12. The van der Waals surface area contributed by atoms with E-state index >= 15 is 0 Å². The monoisotopic (exact) mass is 307 g/mol. The van der Waals surface area contributed by atoms with Crippen molar-refractivity contribution in [1.82, 2.24) is 9.80 Å². The van der Waals surface area contributed by atoms with Crippen LogP contribution in [0.25, 0.3) is 0 Å². The molecule has 118 valence electrons. The molecule has 4 heteroatoms. The maximum atomic E-state index is 6.14. The van der Waals surface area contributed by atoms with E-state index in [-0.39, 0.29) is 0 Å². The predicted octanol–water partition coefficient (Wildman–Crippen LogP) is 2.92. The number of piperidine rings is 1. The van der Waals surface area contributed by atoms with Crippen LogP contribution < -0.4 is 5.73 Å². The molecular formula is C17H29N3S. The second kappa shape index (κ2) is 6.78. The van der Waals surface area contributed by atoms with Gasteiger partial charge in [-0.3, -0.25) is 9.80 Å². The van der Waals surface area contributed by atoms with Gasteiger partial charge in [0.25, 0.3) is 0 Å². The van der Waals surface area contributed by atoms with E-state index in [1.165, 1.54) is 67.2 Å². The van der Waals surface area contributed by atoms with Crippen molar-refractivity contribution < 1.29 is 0 Å². The standard InChI is InChI=1S/C17H29N3S/c1-13-10-16(14(2)21-13)17(11-18)20-9-6-15(12-20)19-7-4-3-5-8-19/h10,15,17H,3-9,11-12,18H2,1-2H3. The Kier molecular flexibility index (Phi) is 4.99. The molecule has 2 aliphatic rings. The highest BCUT2D eigenvalue weighted by atomic mass is 32.1. The molecule has 2 atom stereocenters. The number of thiophene rings is 1. The van der Waals surface area contributed by atoms with Gasteiger partial charge in [-0.1, -0.05) is 6.42 Å². The lowest BCUT2D eigenvalue weighted by Gasteiger charge is -2.33. The third kappa shape index (κ3) is 3.34. The molecule has 2 unspecified atom stereocenters. The third-order valence-electron chi connectivity index (χ3n) is 5.20. The molecular weight excluding hydrogens is 278 g/mol. The number of aryl methyl sites for hydroxylation is 2. The van der Waals surface area contributed by atoms with E-state index in [0.717, 1.165) is 12.6 Å². The topological polar surface area (TPSA) is 32.5 Å². The van der Waals surface area contributed by atoms with Gasteiger partial charge < -0.3 is 5.73 Å². The van der Waals surface area contributed by atoms with E-state index in [1.807, 2.05) is 11.3 Å². The fourth-order valence-corrected chi connectivity index (χ4v) is 5.07. The first-order valence-electron chi connectivity index (χ1n) is 8.44. The van der Waals surface area contributed by atoms with Gasteiger partial charge in [-0.05, 0) is 57.8 Å². The quantitative estimate of drug-likeness (QED) is 0.928. The van der Waals surface area contributed by atoms with Gasteiger partial charge in [0.05, 0.1) is 0 Å². The lowest BCUT2D eigenvalue weighted by molar-refractivity contribution is 0.153. The van der Waals surface area contributed by atoms with Crippen LogP contribution in [-0.2, 0) is 0 Å². The Hall–Kier alpha value is -0.420. The number of nitrogens with zero attached hydrogens (tertiary/aromatic N) is 2. The summed E-state index contributed by atoms with van der Waals surface area (Å²) in [5, 5.41) is 0. The summed E-state index contributed by atoms with van der Waals surface area (Å²) in [6.07, 6.45) is 5.52. The van der Waals surface area contributed by atoms with Gasteiger partial charge in [-0.2, -0.15) is 0 Å². The normalized spacial score (nSPS) is 26.3. The van der Waals surface area contributed by atoms with Gasteiger partial charge in [0.15, 0.2) is 0 Å². The minimum absolute atomic E-state index is 0.421. The number of nitrogens with two attached hydrogens (primary N) is 1. The Labute approximate surface area is 133 Å². The Morgan fingerprint density at radius 2 is 2.00 bits per heavy atom. The molecule has 2 fully saturated rings. The van der Waals surface area contributed by atoms with Crippen molar-refractivity contribution in [1.29, 1.82) is 0 Å². The maximum absolute atomic E-state index is 6.14. The first-order chi connectivity index (χ1) is 10.2. The molecule has 0 aromatic carbocycles. The average Bonchev–Trinajstić information content (AvgIpc) is 3.09. The summed E-state index contributed by atoms with van der Waals surface area (Å²) in [7, 11) is 0. The Balaban J connectivity index is 1.67. The second-order valence-corrected chi connectivity index (χ2v) is 8.11. The summed E-state index contributed by atoms with van der Waals surface area (Å²) in [5.41, 5.74) is 7.61. The minimum Gasteiger partial charge on any atom is -0.329 e. The van der Waals surface area contributed by atoms with E-state index in [1.54, 1.807) is 0 Å². The van der Waals surface area contributed by atoms with Crippen molar-refractivity contribution in [2.24, 2.45) is 5.73 Å². The summed E-state index contributed by atoms with van der Waals surface area (Å²) < 4.78 is 0. The summed E-state index contributed by atoms with van der Waals surface area (Å²) >= 11 is 1.91. The van der Waals surface area contributed by atoms with Gasteiger partial charge in [-0.25, -0.2) is 0 Å². The van der Waals surface area contributed by atoms with E-state index in [4.69, 9.17) is 5.73 Å². The van der Waals surface area contributed by atoms with Crippen LogP contribution >= 0.6 is 11.3 Å². The predicted molar refractivity (Wildman–Crippen MR) is 91.0 cm³/mol. The van der Waals surface area contributed by atoms with Gasteiger partial charge in [0.1, 0.15) is 0 Å². The van der Waals surface area contributed by atoms with Crippen LogP contribution in [0.4, 0.5) is 0 Å². The van der Waals surface area contributed by atoms with Gasteiger partial charge in [-0.15, -0.1) is 11.3 Å². The zero-order valence-corrected chi connectivity index (χ0v) is 14.3. The van der Waals surface area contributed by atoms with Gasteiger partial charge >= 0.3 is 0 Å². The first-order valence-corrected chi connectivity index (χ1v) is 9.26. The van der Waals surface area contributed by atoms with E-state index in [2.05, 4.69) is 29.7 Å². The fourth-order valence-electron chi connectivity index (χ4n) is 4.09. The van der Waals surface area contributed by atoms with Gasteiger partial charge in [0, 0.05) is 41.5 Å². The molecule has 0 bridgehead atoms. The molecule has 0 radical (unpaired) electrons. The van der Waals surface area contributed by atoms with Crippen molar-refractivity contribution >= 4 is 11.3 Å². The molecule has 0 aliphatic carbocycles. The van der Waals surface area contributed by atoms with Crippen LogP contribution in [0.3, 0.4) is 0 Å². The number of rotatable bonds is 4. The van der Waals surface area contributed by atoms with Crippen LogP contribution in [0.1, 0.15) is 47.0 Å². The third-order valence-corrected chi connectivity index (χ3v) is 6.19. The molecule has 1 aromatic rings. The summed E-state index contributed by atoms with van der Waals surface area (Å²) in [6.45, 7) is 10.2. The lowest BCUT2D eigenvalue weighted by atomic mass is 10.1. The highest BCUT2D eigenvalue weighted by Crippen LogP contribution is 2.32. The molecule has 2 aliphatic heterocycles. The highest BCUT2D eigenvalue weighted by Gasteiger charge is 2.33. The molecule has 3 nitrogen and oxygen atoms in total. The summed E-state index contributed by atoms with van der Waals surface area (Å²) in [6, 6.07) is 3.54. The van der Waals surface area contributed by atoms with E-state index in [0.29, 0.717) is 6.04 Å². The average molecular weight is 308 g/mol. The van der Waals surface area contributed by atoms with Crippen LogP contribution in [0.2, 0.25) is 0 Å². The van der Waals surface area contributed by atoms with E-state index < -0.39 is 0 Å². The number of hydrogen-bond donors (Lipinski definition) is 1. The Morgan fingerprint density at radius 1 is 1.24 bits per heavy atom. The number of hydrogen-bond acceptors (Lipinski definition) is 4. The molecule has 3 heterocycles. The minimum atomic E-state index is 0.421. The molecule has 1 aromatic heterocycles. The first kappa shape index (κ1) is 15.5. The van der Waals surface area contributed by atoms with Gasteiger partial charge in [0.2, 0.25) is 0 Å². The van der Waals surface area contributed by atoms with Crippen molar-refractivity contribution in [2.75, 3.05) is 32.7 Å².